The van der Waals surface area contributed by atoms with Crippen LogP contribution in [0.25, 0.3) is 0 Å². The summed E-state index contributed by atoms with van der Waals surface area (Å²) in [4.78, 5) is 0. The molecule has 0 N–H and O–H groups in total. The van der Waals surface area contributed by atoms with E-state index in [1.54, 1.807) is 11.1 Å². The standard InChI is InChI=1S/C10H18P4/c1-7-9-4-2-3-8(9)5-6-10(7)14(12)13-11/h2-3,7,10,13H,4-6,11-12H2,1H3. The normalized spacial score (nSPS) is 34.2. The largest absolute Gasteiger partial charge is 0.110 e. The average molecular weight is 262 g/mol. The molecule has 0 spiro atoms. The second-order valence-electron chi connectivity index (χ2n) is 4.09. The number of hydrogen-bond donors (Lipinski definition) is 0. The Bertz CT molecular complexity index is 282. The summed E-state index contributed by atoms with van der Waals surface area (Å²) in [5.74, 6) is 0.838. The van der Waals surface area contributed by atoms with Crippen LogP contribution in [0.15, 0.2) is 23.3 Å². The molecule has 0 aromatic rings. The zero-order valence-corrected chi connectivity index (χ0v) is 12.7. The first-order valence-corrected chi connectivity index (χ1v) is 11.8. The van der Waals surface area contributed by atoms with E-state index < -0.39 is 0 Å². The maximum Gasteiger partial charge on any atom is -0.00695 e. The number of rotatable bonds is 2. The quantitative estimate of drug-likeness (QED) is 0.633. The van der Waals surface area contributed by atoms with Crippen LogP contribution in [0, 0.1) is 5.92 Å². The molecule has 78 valence electrons. The SMILES string of the molecule is CC1C2=C(C=CC2)CCC1P(P)PP. The molecular weight excluding hydrogens is 244 g/mol. The highest BCUT2D eigenvalue weighted by molar-refractivity contribution is 8.61. The van der Waals surface area contributed by atoms with Gasteiger partial charge in [-0.3, -0.25) is 0 Å². The molecule has 0 aromatic carbocycles. The van der Waals surface area contributed by atoms with Gasteiger partial charge < -0.3 is 0 Å². The molecule has 6 atom stereocenters. The van der Waals surface area contributed by atoms with Crippen molar-refractivity contribution in [1.82, 2.24) is 0 Å². The minimum Gasteiger partial charge on any atom is -0.110 e. The lowest BCUT2D eigenvalue weighted by Gasteiger charge is -2.34. The van der Waals surface area contributed by atoms with Crippen LogP contribution in [-0.4, -0.2) is 5.66 Å². The zero-order valence-electron chi connectivity index (χ0n) is 8.53. The zero-order chi connectivity index (χ0) is 10.1. The van der Waals surface area contributed by atoms with Crippen LogP contribution in [-0.2, 0) is 0 Å². The fourth-order valence-electron chi connectivity index (χ4n) is 2.55. The maximum absolute atomic E-state index is 3.11. The summed E-state index contributed by atoms with van der Waals surface area (Å²) in [6.07, 6.45) is 8.69. The van der Waals surface area contributed by atoms with Gasteiger partial charge in [0.2, 0.25) is 0 Å². The Kier molecular flexibility index (Phi) is 4.19. The van der Waals surface area contributed by atoms with E-state index in [1.807, 2.05) is 0 Å². The molecule has 0 bridgehead atoms. The van der Waals surface area contributed by atoms with Crippen LogP contribution in [0.2, 0.25) is 0 Å². The van der Waals surface area contributed by atoms with Crippen LogP contribution in [0.5, 0.6) is 0 Å². The summed E-state index contributed by atoms with van der Waals surface area (Å²) in [6.45, 7) is 2.44. The van der Waals surface area contributed by atoms with E-state index in [0.717, 1.165) is 19.5 Å². The van der Waals surface area contributed by atoms with Gasteiger partial charge in [-0.1, -0.05) is 39.9 Å². The van der Waals surface area contributed by atoms with Crippen LogP contribution >= 0.6 is 33.1 Å². The minimum atomic E-state index is 0.186. The molecule has 14 heavy (non-hydrogen) atoms. The lowest BCUT2D eigenvalue weighted by atomic mass is 9.84. The minimum absolute atomic E-state index is 0.186. The summed E-state index contributed by atoms with van der Waals surface area (Å²) in [5, 5.41) is 0. The summed E-state index contributed by atoms with van der Waals surface area (Å²) in [6, 6.07) is 0. The van der Waals surface area contributed by atoms with E-state index in [0.29, 0.717) is 0 Å². The Hall–Kier alpha value is 1.20. The van der Waals surface area contributed by atoms with Crippen LogP contribution in [0.3, 0.4) is 0 Å². The van der Waals surface area contributed by atoms with E-state index in [1.165, 1.54) is 19.3 Å². The first kappa shape index (κ1) is 11.7. The van der Waals surface area contributed by atoms with Crippen molar-refractivity contribution in [3.63, 3.8) is 0 Å². The lowest BCUT2D eigenvalue weighted by Crippen LogP contribution is -2.20. The molecule has 0 aromatic heterocycles. The van der Waals surface area contributed by atoms with Crippen molar-refractivity contribution in [3.8, 4) is 0 Å². The van der Waals surface area contributed by atoms with Crippen molar-refractivity contribution < 1.29 is 0 Å². The monoisotopic (exact) mass is 262 g/mol. The third-order valence-corrected chi connectivity index (χ3v) is 14.9. The molecule has 2 aliphatic carbocycles. The van der Waals surface area contributed by atoms with Gasteiger partial charge >= 0.3 is 0 Å². The maximum atomic E-state index is 3.11. The van der Waals surface area contributed by atoms with Crippen molar-refractivity contribution in [1.29, 1.82) is 0 Å². The molecule has 0 amide bonds. The highest BCUT2D eigenvalue weighted by Gasteiger charge is 2.31. The molecule has 0 heterocycles. The van der Waals surface area contributed by atoms with Gasteiger partial charge in [0.05, 0.1) is 0 Å². The second-order valence-corrected chi connectivity index (χ2v) is 13.7. The first-order valence-electron chi connectivity index (χ1n) is 5.12. The van der Waals surface area contributed by atoms with E-state index in [-0.39, 0.29) is 7.30 Å². The molecule has 0 fully saturated rings. The molecular formula is C10H18P4. The summed E-state index contributed by atoms with van der Waals surface area (Å²) < 4.78 is 0. The third kappa shape index (κ3) is 2.15. The Morgan fingerprint density at radius 2 is 2.36 bits per heavy atom. The van der Waals surface area contributed by atoms with Crippen molar-refractivity contribution in [2.75, 3.05) is 0 Å². The van der Waals surface area contributed by atoms with Gasteiger partial charge in [0.25, 0.3) is 0 Å². The second kappa shape index (κ2) is 5.02. The van der Waals surface area contributed by atoms with Crippen LogP contribution in [0.1, 0.15) is 26.2 Å². The van der Waals surface area contributed by atoms with Gasteiger partial charge in [-0.25, -0.2) is 0 Å². The molecule has 4 heteroatoms. The Morgan fingerprint density at radius 1 is 1.57 bits per heavy atom. The van der Waals surface area contributed by atoms with E-state index >= 15 is 0 Å². The van der Waals surface area contributed by atoms with Crippen molar-refractivity contribution in [2.24, 2.45) is 5.92 Å². The van der Waals surface area contributed by atoms with Gasteiger partial charge in [0, 0.05) is 0 Å². The molecule has 2 aliphatic rings. The van der Waals surface area contributed by atoms with Gasteiger partial charge in [0.15, 0.2) is 0 Å². The van der Waals surface area contributed by atoms with Gasteiger partial charge in [-0.05, 0) is 36.4 Å². The van der Waals surface area contributed by atoms with Crippen molar-refractivity contribution in [3.05, 3.63) is 23.3 Å². The predicted octanol–water partition coefficient (Wildman–Crippen LogP) is 4.70. The molecule has 0 aliphatic heterocycles. The van der Waals surface area contributed by atoms with E-state index in [9.17, 15) is 0 Å². The van der Waals surface area contributed by atoms with Crippen molar-refractivity contribution in [2.45, 2.75) is 31.8 Å². The summed E-state index contributed by atoms with van der Waals surface area (Å²) in [7, 11) is 7.28. The molecule has 0 nitrogen and oxygen atoms in total. The Balaban J connectivity index is 2.13. The Labute approximate surface area is 94.4 Å². The number of allylic oxidation sites excluding steroid dienone is 4. The first-order chi connectivity index (χ1) is 6.74. The van der Waals surface area contributed by atoms with E-state index in [2.05, 4.69) is 36.9 Å². The van der Waals surface area contributed by atoms with Crippen molar-refractivity contribution >= 4 is 33.1 Å². The number of hydrogen-bond acceptors (Lipinski definition) is 0. The fraction of sp³-hybridized carbons (Fsp3) is 0.600. The van der Waals surface area contributed by atoms with Gasteiger partial charge in [-0.2, -0.15) is 0 Å². The van der Waals surface area contributed by atoms with Gasteiger partial charge in [-0.15, -0.1) is 17.9 Å². The van der Waals surface area contributed by atoms with Crippen LogP contribution in [0.4, 0.5) is 0 Å². The topological polar surface area (TPSA) is 0 Å². The van der Waals surface area contributed by atoms with Gasteiger partial charge in [0.1, 0.15) is 0 Å². The highest BCUT2D eigenvalue weighted by Crippen LogP contribution is 2.72. The average Bonchev–Trinajstić information content (AvgIpc) is 2.66. The molecule has 0 radical (unpaired) electrons. The van der Waals surface area contributed by atoms with Crippen LogP contribution < -0.4 is 0 Å². The molecule has 0 saturated carbocycles. The van der Waals surface area contributed by atoms with E-state index in [4.69, 9.17) is 0 Å². The molecule has 6 unspecified atom stereocenters. The fourth-order valence-corrected chi connectivity index (χ4v) is 8.39. The summed E-state index contributed by atoms with van der Waals surface area (Å²) in [5.41, 5.74) is 4.37. The Morgan fingerprint density at radius 3 is 3.07 bits per heavy atom. The highest BCUT2D eigenvalue weighted by atomic mass is 32.6. The molecule has 0 saturated heterocycles. The molecule has 2 rings (SSSR count). The predicted molar refractivity (Wildman–Crippen MR) is 77.6 cm³/mol. The third-order valence-electron chi connectivity index (χ3n) is 3.41. The summed E-state index contributed by atoms with van der Waals surface area (Å²) >= 11 is 0. The smallest absolute Gasteiger partial charge is 0.00695 e. The lowest BCUT2D eigenvalue weighted by molar-refractivity contribution is 0.552.